The normalized spacial score (nSPS) is 13.6. The number of piperazine rings is 1. The van der Waals surface area contributed by atoms with Crippen molar-refractivity contribution in [2.24, 2.45) is 0 Å². The second-order valence-electron chi connectivity index (χ2n) is 10.4. The molecular weight excluding hydrogens is 500 g/mol. The Balaban J connectivity index is 1.40. The van der Waals surface area contributed by atoms with Crippen LogP contribution in [-0.4, -0.2) is 51.5 Å². The van der Waals surface area contributed by atoms with Crippen molar-refractivity contribution in [2.75, 3.05) is 24.5 Å². The minimum absolute atomic E-state index is 0.0942. The van der Waals surface area contributed by atoms with Gasteiger partial charge in [-0.15, -0.1) is 0 Å². The molecule has 0 spiro atoms. The summed E-state index contributed by atoms with van der Waals surface area (Å²) in [6.45, 7) is 10.2. The number of unbranched alkanes of at least 4 members (excludes halogenated alkanes) is 1. The summed E-state index contributed by atoms with van der Waals surface area (Å²) in [5, 5.41) is 9.04. The first kappa shape index (κ1) is 27.1. The van der Waals surface area contributed by atoms with E-state index in [4.69, 9.17) is 15.1 Å². The zero-order chi connectivity index (χ0) is 28.2. The van der Waals surface area contributed by atoms with Crippen molar-refractivity contribution in [2.45, 2.75) is 39.5 Å². The summed E-state index contributed by atoms with van der Waals surface area (Å²) in [5.74, 6) is -0.892. The van der Waals surface area contributed by atoms with E-state index in [-0.39, 0.29) is 12.3 Å². The van der Waals surface area contributed by atoms with Gasteiger partial charge >= 0.3 is 5.97 Å². The monoisotopic (exact) mass is 534 g/mol. The average molecular weight is 535 g/mol. The first-order valence-corrected chi connectivity index (χ1v) is 13.7. The first-order chi connectivity index (χ1) is 19.3. The SMILES string of the molecule is C=C1CN(c2ccc(C)cc2)CCN1C(=O)c1ccc2nc(-c3ccccc3C)c(CCCCC(=O)O)nc2c1. The molecule has 1 saturated heterocycles. The minimum atomic E-state index is -0.798. The zero-order valence-electron chi connectivity index (χ0n) is 23.1. The van der Waals surface area contributed by atoms with Gasteiger partial charge in [0.1, 0.15) is 0 Å². The van der Waals surface area contributed by atoms with Crippen molar-refractivity contribution >= 4 is 28.6 Å². The maximum Gasteiger partial charge on any atom is 0.303 e. The molecule has 1 amide bonds. The van der Waals surface area contributed by atoms with Gasteiger partial charge in [-0.05, 0) is 69.0 Å². The molecule has 7 nitrogen and oxygen atoms in total. The molecule has 2 heterocycles. The maximum atomic E-state index is 13.6. The number of aryl methyl sites for hydroxylation is 3. The fraction of sp³-hybridized carbons (Fsp3) is 0.273. The molecule has 1 aliphatic rings. The molecule has 1 aliphatic heterocycles. The third kappa shape index (κ3) is 5.88. The molecule has 7 heteroatoms. The van der Waals surface area contributed by atoms with Crippen LogP contribution in [0.1, 0.15) is 46.4 Å². The van der Waals surface area contributed by atoms with Crippen LogP contribution < -0.4 is 4.90 Å². The highest BCUT2D eigenvalue weighted by Crippen LogP contribution is 2.29. The van der Waals surface area contributed by atoms with Gasteiger partial charge in [-0.2, -0.15) is 0 Å². The Morgan fingerprint density at radius 3 is 2.42 bits per heavy atom. The van der Waals surface area contributed by atoms with Crippen LogP contribution in [-0.2, 0) is 11.2 Å². The van der Waals surface area contributed by atoms with Gasteiger partial charge < -0.3 is 14.9 Å². The summed E-state index contributed by atoms with van der Waals surface area (Å²) >= 11 is 0. The van der Waals surface area contributed by atoms with Crippen LogP contribution in [0.4, 0.5) is 5.69 Å². The summed E-state index contributed by atoms with van der Waals surface area (Å²) in [6.07, 6.45) is 1.99. The van der Waals surface area contributed by atoms with E-state index < -0.39 is 5.97 Å². The summed E-state index contributed by atoms with van der Waals surface area (Å²) in [4.78, 5) is 38.5. The van der Waals surface area contributed by atoms with Crippen molar-refractivity contribution in [3.8, 4) is 11.3 Å². The Kier molecular flexibility index (Phi) is 7.91. The van der Waals surface area contributed by atoms with Crippen molar-refractivity contribution in [3.63, 3.8) is 0 Å². The number of carbonyl (C=O) groups excluding carboxylic acids is 1. The number of carboxylic acid groups (broad SMARTS) is 1. The summed E-state index contributed by atoms with van der Waals surface area (Å²) in [7, 11) is 0. The number of benzene rings is 3. The largest absolute Gasteiger partial charge is 0.481 e. The Morgan fingerprint density at radius 1 is 0.925 bits per heavy atom. The average Bonchev–Trinajstić information content (AvgIpc) is 2.95. The standard InChI is InChI=1S/C33H34N4O3/c1-22-12-15-26(16-13-22)36-18-19-37(24(3)21-36)33(40)25-14-17-28-30(20-25)34-29(10-6-7-11-31(38)39)32(35-28)27-9-5-4-8-23(27)2/h4-5,8-9,12-17,20H,3,6-7,10-11,18-19,21H2,1-2H3,(H,38,39). The van der Waals surface area contributed by atoms with Gasteiger partial charge in [0.2, 0.25) is 0 Å². The summed E-state index contributed by atoms with van der Waals surface area (Å²) in [6, 6.07) is 21.9. The highest BCUT2D eigenvalue weighted by atomic mass is 16.4. The molecule has 4 aromatic rings. The molecule has 0 saturated carbocycles. The number of hydrogen-bond acceptors (Lipinski definition) is 5. The van der Waals surface area contributed by atoms with Gasteiger partial charge in [0.15, 0.2) is 0 Å². The lowest BCUT2D eigenvalue weighted by atomic mass is 10.0. The van der Waals surface area contributed by atoms with E-state index in [1.807, 2.05) is 49.4 Å². The van der Waals surface area contributed by atoms with Crippen LogP contribution in [0.3, 0.4) is 0 Å². The second kappa shape index (κ2) is 11.7. The van der Waals surface area contributed by atoms with E-state index in [2.05, 4.69) is 42.7 Å². The molecule has 0 unspecified atom stereocenters. The molecule has 1 aromatic heterocycles. The highest BCUT2D eigenvalue weighted by Gasteiger charge is 2.26. The third-order valence-electron chi connectivity index (χ3n) is 7.43. The number of fused-ring (bicyclic) bond motifs is 1. The molecule has 204 valence electrons. The van der Waals surface area contributed by atoms with Crippen LogP contribution in [0.15, 0.2) is 79.0 Å². The van der Waals surface area contributed by atoms with Crippen molar-refractivity contribution in [3.05, 3.63) is 101 Å². The van der Waals surface area contributed by atoms with E-state index in [0.29, 0.717) is 48.9 Å². The quantitative estimate of drug-likeness (QED) is 0.271. The van der Waals surface area contributed by atoms with Gasteiger partial charge in [0.25, 0.3) is 5.91 Å². The number of amides is 1. The molecule has 0 bridgehead atoms. The highest BCUT2D eigenvalue weighted by molar-refractivity contribution is 5.98. The minimum Gasteiger partial charge on any atom is -0.481 e. The number of aromatic nitrogens is 2. The predicted molar refractivity (Wildman–Crippen MR) is 158 cm³/mol. The van der Waals surface area contributed by atoms with Gasteiger partial charge in [-0.3, -0.25) is 9.59 Å². The van der Waals surface area contributed by atoms with Crippen molar-refractivity contribution in [1.82, 2.24) is 14.9 Å². The zero-order valence-corrected chi connectivity index (χ0v) is 23.1. The van der Waals surface area contributed by atoms with Crippen LogP contribution in [0, 0.1) is 13.8 Å². The van der Waals surface area contributed by atoms with Crippen LogP contribution >= 0.6 is 0 Å². The summed E-state index contributed by atoms with van der Waals surface area (Å²) < 4.78 is 0. The van der Waals surface area contributed by atoms with Gasteiger partial charge in [-0.1, -0.05) is 48.5 Å². The molecule has 40 heavy (non-hydrogen) atoms. The molecule has 0 radical (unpaired) electrons. The summed E-state index contributed by atoms with van der Waals surface area (Å²) in [5.41, 5.74) is 8.74. The molecule has 0 aliphatic carbocycles. The van der Waals surface area contributed by atoms with Gasteiger partial charge in [0.05, 0.1) is 29.0 Å². The first-order valence-electron chi connectivity index (χ1n) is 13.7. The van der Waals surface area contributed by atoms with Crippen molar-refractivity contribution < 1.29 is 14.7 Å². The second-order valence-corrected chi connectivity index (χ2v) is 10.4. The molecule has 5 rings (SSSR count). The number of aliphatic carboxylic acids is 1. The Bertz CT molecular complexity index is 1580. The fourth-order valence-corrected chi connectivity index (χ4v) is 5.16. The number of hydrogen-bond donors (Lipinski definition) is 1. The lowest BCUT2D eigenvalue weighted by Crippen LogP contribution is -2.46. The lowest BCUT2D eigenvalue weighted by Gasteiger charge is -2.37. The molecule has 1 fully saturated rings. The van der Waals surface area contributed by atoms with Crippen LogP contribution in [0.5, 0.6) is 0 Å². The predicted octanol–water partition coefficient (Wildman–Crippen LogP) is 6.19. The van der Waals surface area contributed by atoms with E-state index >= 15 is 0 Å². The molecular formula is C33H34N4O3. The molecule has 0 atom stereocenters. The topological polar surface area (TPSA) is 86.6 Å². The number of rotatable bonds is 8. The number of carbonyl (C=O) groups is 2. The number of anilines is 1. The van der Waals surface area contributed by atoms with E-state index in [0.717, 1.165) is 40.4 Å². The Labute approximate surface area is 234 Å². The van der Waals surface area contributed by atoms with Gasteiger partial charge in [-0.25, -0.2) is 9.97 Å². The number of carboxylic acids is 1. The Hall–Kier alpha value is -4.52. The number of nitrogens with zero attached hydrogens (tertiary/aromatic N) is 4. The van der Waals surface area contributed by atoms with E-state index in [1.54, 1.807) is 4.90 Å². The maximum absolute atomic E-state index is 13.6. The fourth-order valence-electron chi connectivity index (χ4n) is 5.16. The van der Waals surface area contributed by atoms with Gasteiger partial charge in [0, 0.05) is 42.0 Å². The smallest absolute Gasteiger partial charge is 0.303 e. The van der Waals surface area contributed by atoms with E-state index in [1.165, 1.54) is 5.56 Å². The van der Waals surface area contributed by atoms with E-state index in [9.17, 15) is 9.59 Å². The lowest BCUT2D eigenvalue weighted by molar-refractivity contribution is -0.137. The van der Waals surface area contributed by atoms with Crippen LogP contribution in [0.2, 0.25) is 0 Å². The molecule has 3 aromatic carbocycles. The van der Waals surface area contributed by atoms with Crippen molar-refractivity contribution in [1.29, 1.82) is 0 Å². The third-order valence-corrected chi connectivity index (χ3v) is 7.43. The Morgan fingerprint density at radius 2 is 1.70 bits per heavy atom. The molecule has 1 N–H and O–H groups in total. The van der Waals surface area contributed by atoms with Crippen LogP contribution in [0.25, 0.3) is 22.3 Å².